The van der Waals surface area contributed by atoms with Gasteiger partial charge in [-0.25, -0.2) is 9.78 Å². The van der Waals surface area contributed by atoms with E-state index in [0.717, 1.165) is 6.42 Å². The van der Waals surface area contributed by atoms with Crippen LogP contribution < -0.4 is 5.32 Å². The number of esters is 1. The average Bonchev–Trinajstić information content (AvgIpc) is 2.36. The Balaban J connectivity index is 2.99. The average molecular weight is 299 g/mol. The number of aryl methyl sites for hydroxylation is 1. The summed E-state index contributed by atoms with van der Waals surface area (Å²) in [5.74, 6) is -0.844. The standard InChI is InChI=1S/C14H19ClN2O3/c1-5-6-14(3,13(19)20-4)17-12(18)10-7-9(2)16-11(15)8-10/h7-8H,5-6H2,1-4H3,(H,17,18). The van der Waals surface area contributed by atoms with Crippen molar-refractivity contribution >= 4 is 23.5 Å². The molecule has 6 heteroatoms. The second kappa shape index (κ2) is 6.70. The number of nitrogens with one attached hydrogen (secondary N) is 1. The van der Waals surface area contributed by atoms with E-state index < -0.39 is 11.5 Å². The van der Waals surface area contributed by atoms with Gasteiger partial charge in [0, 0.05) is 11.3 Å². The van der Waals surface area contributed by atoms with Crippen LogP contribution in [0.25, 0.3) is 0 Å². The Labute approximate surface area is 123 Å². The minimum Gasteiger partial charge on any atom is -0.467 e. The molecule has 20 heavy (non-hydrogen) atoms. The van der Waals surface area contributed by atoms with E-state index in [1.165, 1.54) is 13.2 Å². The highest BCUT2D eigenvalue weighted by molar-refractivity contribution is 6.29. The summed E-state index contributed by atoms with van der Waals surface area (Å²) < 4.78 is 4.76. The minimum absolute atomic E-state index is 0.241. The molecule has 1 N–H and O–H groups in total. The zero-order valence-corrected chi connectivity index (χ0v) is 12.9. The van der Waals surface area contributed by atoms with E-state index in [4.69, 9.17) is 16.3 Å². The molecule has 1 heterocycles. The number of rotatable bonds is 5. The Morgan fingerprint density at radius 2 is 2.10 bits per heavy atom. The van der Waals surface area contributed by atoms with Crippen molar-refractivity contribution in [2.75, 3.05) is 7.11 Å². The summed E-state index contributed by atoms with van der Waals surface area (Å²) in [5, 5.41) is 2.96. The lowest BCUT2D eigenvalue weighted by molar-refractivity contribution is -0.147. The van der Waals surface area contributed by atoms with Crippen molar-refractivity contribution in [3.8, 4) is 0 Å². The van der Waals surface area contributed by atoms with Gasteiger partial charge >= 0.3 is 5.97 Å². The Morgan fingerprint density at radius 1 is 1.45 bits per heavy atom. The predicted octanol–water partition coefficient (Wildman–Crippen LogP) is 2.51. The number of halogens is 1. The molecular weight excluding hydrogens is 280 g/mol. The van der Waals surface area contributed by atoms with Crippen LogP contribution in [0.3, 0.4) is 0 Å². The van der Waals surface area contributed by atoms with E-state index in [-0.39, 0.29) is 11.1 Å². The normalized spacial score (nSPS) is 13.4. The number of pyridine rings is 1. The Hall–Kier alpha value is -1.62. The molecule has 110 valence electrons. The van der Waals surface area contributed by atoms with Gasteiger partial charge in [0.05, 0.1) is 7.11 Å². The van der Waals surface area contributed by atoms with Gasteiger partial charge in [0.15, 0.2) is 0 Å². The summed E-state index contributed by atoms with van der Waals surface area (Å²) in [4.78, 5) is 28.1. The minimum atomic E-state index is -1.05. The largest absolute Gasteiger partial charge is 0.467 e. The highest BCUT2D eigenvalue weighted by Crippen LogP contribution is 2.17. The highest BCUT2D eigenvalue weighted by Gasteiger charge is 2.35. The maximum Gasteiger partial charge on any atom is 0.331 e. The molecule has 1 aromatic heterocycles. The molecule has 5 nitrogen and oxygen atoms in total. The molecule has 0 spiro atoms. The van der Waals surface area contributed by atoms with Gasteiger partial charge in [-0.05, 0) is 32.4 Å². The van der Waals surface area contributed by atoms with Crippen molar-refractivity contribution in [1.82, 2.24) is 10.3 Å². The van der Waals surface area contributed by atoms with Gasteiger partial charge in [-0.3, -0.25) is 4.79 Å². The third-order valence-corrected chi connectivity index (χ3v) is 3.15. The first kappa shape index (κ1) is 16.4. The van der Waals surface area contributed by atoms with Gasteiger partial charge in [-0.15, -0.1) is 0 Å². The number of ether oxygens (including phenoxy) is 1. The SMILES string of the molecule is CCCC(C)(NC(=O)c1cc(C)nc(Cl)c1)C(=O)OC. The van der Waals surface area contributed by atoms with Crippen LogP contribution in [0.1, 0.15) is 42.7 Å². The molecule has 0 aliphatic heterocycles. The lowest BCUT2D eigenvalue weighted by Gasteiger charge is -2.27. The second-order valence-electron chi connectivity index (χ2n) is 4.85. The first-order chi connectivity index (χ1) is 9.32. The van der Waals surface area contributed by atoms with Crippen LogP contribution in [-0.2, 0) is 9.53 Å². The van der Waals surface area contributed by atoms with Crippen molar-refractivity contribution in [3.05, 3.63) is 28.5 Å². The summed E-state index contributed by atoms with van der Waals surface area (Å²) in [5.41, 5.74) is -0.0452. The van der Waals surface area contributed by atoms with Crippen LogP contribution in [0.4, 0.5) is 0 Å². The molecule has 0 fully saturated rings. The van der Waals surface area contributed by atoms with Gasteiger partial charge < -0.3 is 10.1 Å². The number of hydrogen-bond donors (Lipinski definition) is 1. The third-order valence-electron chi connectivity index (χ3n) is 2.96. The van der Waals surface area contributed by atoms with E-state index >= 15 is 0 Å². The number of aromatic nitrogens is 1. The maximum absolute atomic E-state index is 12.3. The van der Waals surface area contributed by atoms with Crippen LogP contribution in [0.15, 0.2) is 12.1 Å². The molecule has 1 atom stereocenters. The first-order valence-electron chi connectivity index (χ1n) is 6.37. The first-order valence-corrected chi connectivity index (χ1v) is 6.75. The van der Waals surface area contributed by atoms with Gasteiger partial charge in [-0.1, -0.05) is 24.9 Å². The van der Waals surface area contributed by atoms with Crippen LogP contribution in [0, 0.1) is 6.92 Å². The van der Waals surface area contributed by atoms with Crippen LogP contribution in [-0.4, -0.2) is 29.5 Å². The molecule has 1 unspecified atom stereocenters. The summed E-state index contributed by atoms with van der Waals surface area (Å²) in [6, 6.07) is 3.08. The van der Waals surface area contributed by atoms with Crippen molar-refractivity contribution < 1.29 is 14.3 Å². The van der Waals surface area contributed by atoms with Crippen molar-refractivity contribution in [2.24, 2.45) is 0 Å². The molecule has 0 aliphatic carbocycles. The molecule has 0 bridgehead atoms. The number of carbonyl (C=O) groups excluding carboxylic acids is 2. The zero-order valence-electron chi connectivity index (χ0n) is 12.1. The van der Waals surface area contributed by atoms with E-state index in [9.17, 15) is 9.59 Å². The highest BCUT2D eigenvalue weighted by atomic mass is 35.5. The fourth-order valence-electron chi connectivity index (χ4n) is 2.02. The summed E-state index contributed by atoms with van der Waals surface area (Å²) in [7, 11) is 1.30. The predicted molar refractivity (Wildman–Crippen MR) is 76.8 cm³/mol. The number of amides is 1. The molecule has 1 rings (SSSR count). The van der Waals surface area contributed by atoms with Crippen molar-refractivity contribution in [2.45, 2.75) is 39.2 Å². The van der Waals surface area contributed by atoms with Crippen molar-refractivity contribution in [3.63, 3.8) is 0 Å². The van der Waals surface area contributed by atoms with Gasteiger partial charge in [0.2, 0.25) is 0 Å². The number of nitrogens with zero attached hydrogens (tertiary/aromatic N) is 1. The molecule has 0 aromatic carbocycles. The second-order valence-corrected chi connectivity index (χ2v) is 5.23. The molecule has 1 amide bonds. The molecule has 0 saturated carbocycles. The van der Waals surface area contributed by atoms with Crippen molar-refractivity contribution in [1.29, 1.82) is 0 Å². The van der Waals surface area contributed by atoms with E-state index in [1.807, 2.05) is 6.92 Å². The lowest BCUT2D eigenvalue weighted by Crippen LogP contribution is -2.52. The van der Waals surface area contributed by atoms with E-state index in [2.05, 4.69) is 10.3 Å². The molecule has 0 saturated heterocycles. The van der Waals surface area contributed by atoms with Crippen LogP contribution >= 0.6 is 11.6 Å². The molecule has 0 radical (unpaired) electrons. The lowest BCUT2D eigenvalue weighted by atomic mass is 9.95. The van der Waals surface area contributed by atoms with E-state index in [1.54, 1.807) is 19.9 Å². The van der Waals surface area contributed by atoms with Crippen LogP contribution in [0.2, 0.25) is 5.15 Å². The van der Waals surface area contributed by atoms with E-state index in [0.29, 0.717) is 17.7 Å². The Kier molecular flexibility index (Phi) is 5.51. The Bertz CT molecular complexity index is 499. The van der Waals surface area contributed by atoms with Gasteiger partial charge in [0.25, 0.3) is 5.91 Å². The van der Waals surface area contributed by atoms with Gasteiger partial charge in [0.1, 0.15) is 10.7 Å². The van der Waals surface area contributed by atoms with Crippen LogP contribution in [0.5, 0.6) is 0 Å². The molecule has 1 aromatic rings. The van der Waals surface area contributed by atoms with Gasteiger partial charge in [-0.2, -0.15) is 0 Å². The fraction of sp³-hybridized carbons (Fsp3) is 0.500. The monoisotopic (exact) mass is 298 g/mol. The molecular formula is C14H19ClN2O3. The number of hydrogen-bond acceptors (Lipinski definition) is 4. The smallest absolute Gasteiger partial charge is 0.331 e. The molecule has 0 aliphatic rings. The number of carbonyl (C=O) groups is 2. The summed E-state index contributed by atoms with van der Waals surface area (Å²) in [6.45, 7) is 5.32. The third kappa shape index (κ3) is 3.93. The fourth-order valence-corrected chi connectivity index (χ4v) is 2.27. The number of methoxy groups -OCH3 is 1. The summed E-state index contributed by atoms with van der Waals surface area (Å²) >= 11 is 5.83. The maximum atomic E-state index is 12.3. The zero-order chi connectivity index (χ0) is 15.3. The Morgan fingerprint density at radius 3 is 2.60 bits per heavy atom. The topological polar surface area (TPSA) is 68.3 Å². The summed E-state index contributed by atoms with van der Waals surface area (Å²) in [6.07, 6.45) is 1.23. The quantitative estimate of drug-likeness (QED) is 0.670.